The number of carbonyl (C=O) groups is 1. The number of pyridine rings is 1. The van der Waals surface area contributed by atoms with E-state index in [4.69, 9.17) is 0 Å². The van der Waals surface area contributed by atoms with Crippen LogP contribution in [0.1, 0.15) is 47.2 Å². The van der Waals surface area contributed by atoms with Crippen LogP contribution in [0.5, 0.6) is 0 Å². The first kappa shape index (κ1) is 16.5. The highest BCUT2D eigenvalue weighted by molar-refractivity contribution is 5.95. The second-order valence-corrected chi connectivity index (χ2v) is 6.61. The van der Waals surface area contributed by atoms with Crippen molar-refractivity contribution in [2.45, 2.75) is 39.5 Å². The molecule has 1 aromatic carbocycles. The number of nitrogens with one attached hydrogen (secondary N) is 1. The third-order valence-electron chi connectivity index (χ3n) is 4.55. The predicted molar refractivity (Wildman–Crippen MR) is 97.8 cm³/mol. The Bertz CT molecular complexity index is 719. The quantitative estimate of drug-likeness (QED) is 0.907. The van der Waals surface area contributed by atoms with E-state index in [1.54, 1.807) is 12.4 Å². The predicted octanol–water partition coefficient (Wildman–Crippen LogP) is 4.46. The molecule has 1 aliphatic heterocycles. The zero-order valence-electron chi connectivity index (χ0n) is 14.5. The summed E-state index contributed by atoms with van der Waals surface area (Å²) in [5.41, 5.74) is 4.94. The van der Waals surface area contributed by atoms with Crippen molar-refractivity contribution in [2.75, 3.05) is 18.4 Å². The van der Waals surface area contributed by atoms with Gasteiger partial charge in [-0.3, -0.25) is 9.78 Å². The van der Waals surface area contributed by atoms with Crippen molar-refractivity contribution in [1.82, 2.24) is 9.88 Å². The van der Waals surface area contributed by atoms with Crippen LogP contribution in [0.25, 0.3) is 0 Å². The molecule has 1 amide bonds. The lowest BCUT2D eigenvalue weighted by molar-refractivity contribution is 0.0761. The highest BCUT2D eigenvalue weighted by atomic mass is 16.2. The highest BCUT2D eigenvalue weighted by Gasteiger charge is 2.18. The summed E-state index contributed by atoms with van der Waals surface area (Å²) >= 11 is 0. The second-order valence-electron chi connectivity index (χ2n) is 6.61. The molecule has 4 nitrogen and oxygen atoms in total. The van der Waals surface area contributed by atoms with E-state index in [1.807, 2.05) is 11.0 Å². The number of aromatic nitrogens is 1. The van der Waals surface area contributed by atoms with Crippen LogP contribution < -0.4 is 5.32 Å². The van der Waals surface area contributed by atoms with Gasteiger partial charge < -0.3 is 10.2 Å². The standard InChI is InChI=1S/C20H25N3O/c1-15-7-8-16(2)19(11-15)22-18-12-17(13-21-14-18)20(24)23-9-5-3-4-6-10-23/h7-8,11-14,22H,3-6,9-10H2,1-2H3. The SMILES string of the molecule is Cc1ccc(C)c(Nc2cncc(C(=O)N3CCCCCC3)c2)c1. The lowest BCUT2D eigenvalue weighted by Gasteiger charge is -2.20. The van der Waals surface area contributed by atoms with Gasteiger partial charge in [0.15, 0.2) is 0 Å². The Hall–Kier alpha value is -2.36. The van der Waals surface area contributed by atoms with Gasteiger partial charge in [-0.05, 0) is 49.9 Å². The van der Waals surface area contributed by atoms with Crippen molar-refractivity contribution in [2.24, 2.45) is 0 Å². The summed E-state index contributed by atoms with van der Waals surface area (Å²) in [6.45, 7) is 5.85. The van der Waals surface area contributed by atoms with E-state index in [9.17, 15) is 4.79 Å². The maximum atomic E-state index is 12.7. The summed E-state index contributed by atoms with van der Waals surface area (Å²) in [5.74, 6) is 0.0917. The van der Waals surface area contributed by atoms with Crippen molar-refractivity contribution in [3.8, 4) is 0 Å². The summed E-state index contributed by atoms with van der Waals surface area (Å²) in [5, 5.41) is 3.39. The van der Waals surface area contributed by atoms with Gasteiger partial charge in [0, 0.05) is 25.0 Å². The maximum absolute atomic E-state index is 12.7. The molecule has 4 heteroatoms. The minimum absolute atomic E-state index is 0.0917. The number of benzene rings is 1. The summed E-state index contributed by atoms with van der Waals surface area (Å²) in [6.07, 6.45) is 8.06. The van der Waals surface area contributed by atoms with Gasteiger partial charge in [-0.15, -0.1) is 0 Å². The van der Waals surface area contributed by atoms with Crippen LogP contribution in [0.4, 0.5) is 11.4 Å². The summed E-state index contributed by atoms with van der Waals surface area (Å²) in [4.78, 5) is 19.0. The molecule has 1 aromatic heterocycles. The molecule has 3 rings (SSSR count). The number of rotatable bonds is 3. The fourth-order valence-corrected chi connectivity index (χ4v) is 3.11. The fraction of sp³-hybridized carbons (Fsp3) is 0.400. The molecular formula is C20H25N3O. The van der Waals surface area contributed by atoms with E-state index in [0.29, 0.717) is 5.56 Å². The average molecular weight is 323 g/mol. The number of hydrogen-bond acceptors (Lipinski definition) is 3. The molecule has 2 aromatic rings. The average Bonchev–Trinajstić information content (AvgIpc) is 2.87. The Morgan fingerprint density at radius 3 is 2.54 bits per heavy atom. The molecule has 0 radical (unpaired) electrons. The number of carbonyl (C=O) groups excluding carboxylic acids is 1. The van der Waals surface area contributed by atoms with Crippen molar-refractivity contribution >= 4 is 17.3 Å². The number of nitrogens with zero attached hydrogens (tertiary/aromatic N) is 2. The topological polar surface area (TPSA) is 45.2 Å². The Balaban J connectivity index is 1.78. The van der Waals surface area contributed by atoms with Crippen molar-refractivity contribution in [1.29, 1.82) is 0 Å². The van der Waals surface area contributed by atoms with Gasteiger partial charge in [0.05, 0.1) is 17.4 Å². The Morgan fingerprint density at radius 2 is 1.79 bits per heavy atom. The largest absolute Gasteiger partial charge is 0.354 e. The first-order valence-corrected chi connectivity index (χ1v) is 8.72. The summed E-state index contributed by atoms with van der Waals surface area (Å²) < 4.78 is 0. The van der Waals surface area contributed by atoms with Gasteiger partial charge >= 0.3 is 0 Å². The van der Waals surface area contributed by atoms with Gasteiger partial charge in [0.2, 0.25) is 0 Å². The minimum Gasteiger partial charge on any atom is -0.354 e. The lowest BCUT2D eigenvalue weighted by atomic mass is 10.1. The molecule has 0 spiro atoms. The van der Waals surface area contributed by atoms with Crippen LogP contribution in [-0.2, 0) is 0 Å². The molecule has 1 aliphatic rings. The third-order valence-corrected chi connectivity index (χ3v) is 4.55. The van der Waals surface area contributed by atoms with Crippen LogP contribution >= 0.6 is 0 Å². The zero-order chi connectivity index (χ0) is 16.9. The van der Waals surface area contributed by atoms with E-state index < -0.39 is 0 Å². The lowest BCUT2D eigenvalue weighted by Crippen LogP contribution is -2.31. The molecule has 0 atom stereocenters. The molecule has 2 heterocycles. The molecule has 0 bridgehead atoms. The number of amides is 1. The molecule has 1 saturated heterocycles. The monoisotopic (exact) mass is 323 g/mol. The molecular weight excluding hydrogens is 298 g/mol. The highest BCUT2D eigenvalue weighted by Crippen LogP contribution is 2.22. The Kier molecular flexibility index (Phi) is 5.14. The minimum atomic E-state index is 0.0917. The van der Waals surface area contributed by atoms with Crippen LogP contribution in [0, 0.1) is 13.8 Å². The molecule has 1 fully saturated rings. The van der Waals surface area contributed by atoms with Crippen molar-refractivity contribution in [3.63, 3.8) is 0 Å². The maximum Gasteiger partial charge on any atom is 0.255 e. The van der Waals surface area contributed by atoms with Crippen molar-refractivity contribution < 1.29 is 4.79 Å². The number of aryl methyl sites for hydroxylation is 2. The summed E-state index contributed by atoms with van der Waals surface area (Å²) in [6, 6.07) is 8.20. The van der Waals surface area contributed by atoms with E-state index in [2.05, 4.69) is 42.3 Å². The number of hydrogen-bond donors (Lipinski definition) is 1. The van der Waals surface area contributed by atoms with Gasteiger partial charge in [-0.1, -0.05) is 25.0 Å². The smallest absolute Gasteiger partial charge is 0.255 e. The molecule has 0 aliphatic carbocycles. The van der Waals surface area contributed by atoms with E-state index in [1.165, 1.54) is 24.0 Å². The first-order chi connectivity index (χ1) is 11.6. The van der Waals surface area contributed by atoms with Gasteiger partial charge in [-0.25, -0.2) is 0 Å². The van der Waals surface area contributed by atoms with Gasteiger partial charge in [0.25, 0.3) is 5.91 Å². The molecule has 0 unspecified atom stereocenters. The molecule has 1 N–H and O–H groups in total. The third kappa shape index (κ3) is 3.94. The van der Waals surface area contributed by atoms with Gasteiger partial charge in [-0.2, -0.15) is 0 Å². The number of anilines is 2. The number of likely N-dealkylation sites (tertiary alicyclic amines) is 1. The molecule has 126 valence electrons. The van der Waals surface area contributed by atoms with E-state index in [-0.39, 0.29) is 5.91 Å². The Labute approximate surface area is 143 Å². The van der Waals surface area contributed by atoms with Crippen LogP contribution in [0.3, 0.4) is 0 Å². The van der Waals surface area contributed by atoms with E-state index >= 15 is 0 Å². The Morgan fingerprint density at radius 1 is 1.04 bits per heavy atom. The second kappa shape index (κ2) is 7.47. The van der Waals surface area contributed by atoms with Gasteiger partial charge in [0.1, 0.15) is 0 Å². The van der Waals surface area contributed by atoms with E-state index in [0.717, 1.165) is 37.3 Å². The zero-order valence-corrected chi connectivity index (χ0v) is 14.5. The van der Waals surface area contributed by atoms with Crippen LogP contribution in [0.2, 0.25) is 0 Å². The fourth-order valence-electron chi connectivity index (χ4n) is 3.11. The van der Waals surface area contributed by atoms with Crippen LogP contribution in [0.15, 0.2) is 36.7 Å². The normalized spacial score (nSPS) is 15.0. The van der Waals surface area contributed by atoms with Crippen LogP contribution in [-0.4, -0.2) is 28.9 Å². The summed E-state index contributed by atoms with van der Waals surface area (Å²) in [7, 11) is 0. The first-order valence-electron chi connectivity index (χ1n) is 8.72. The molecule has 24 heavy (non-hydrogen) atoms. The molecule has 0 saturated carbocycles. The van der Waals surface area contributed by atoms with Crippen molar-refractivity contribution in [3.05, 3.63) is 53.3 Å².